The van der Waals surface area contributed by atoms with Crippen molar-refractivity contribution in [2.45, 2.75) is 38.4 Å². The maximum atomic E-state index is 12.0. The van der Waals surface area contributed by atoms with E-state index in [1.807, 2.05) is 0 Å². The molecule has 0 spiro atoms. The van der Waals surface area contributed by atoms with Crippen LogP contribution >= 0.6 is 0 Å². The Morgan fingerprint density at radius 3 is 2.04 bits per heavy atom. The third-order valence-electron chi connectivity index (χ3n) is 3.21. The van der Waals surface area contributed by atoms with Crippen molar-refractivity contribution in [3.05, 3.63) is 0 Å². The van der Waals surface area contributed by atoms with Crippen LogP contribution in [0.3, 0.4) is 0 Å². The molecule has 0 aliphatic carbocycles. The molecular formula is C15H26N4O8. The highest BCUT2D eigenvalue weighted by Crippen LogP contribution is 1.95. The Balaban J connectivity index is 4.44. The molecule has 12 nitrogen and oxygen atoms in total. The smallest absolute Gasteiger partial charge is 0.326 e. The Bertz CT molecular complexity index is 554. The number of hydrogen-bond donors (Lipinski definition) is 5. The Hall–Kier alpha value is -2.73. The second-order valence-electron chi connectivity index (χ2n) is 5.63. The average molecular weight is 390 g/mol. The Labute approximate surface area is 156 Å². The lowest BCUT2D eigenvalue weighted by Crippen LogP contribution is -2.54. The first kappa shape index (κ1) is 24.3. The summed E-state index contributed by atoms with van der Waals surface area (Å²) in [5.74, 6) is -4.35. The normalized spacial score (nSPS) is 13.7. The second kappa shape index (κ2) is 12.6. The maximum Gasteiger partial charge on any atom is 0.326 e. The van der Waals surface area contributed by atoms with E-state index in [-0.39, 0.29) is 13.2 Å². The van der Waals surface area contributed by atoms with Crippen molar-refractivity contribution in [2.24, 2.45) is 5.73 Å². The van der Waals surface area contributed by atoms with Gasteiger partial charge in [-0.1, -0.05) is 0 Å². The standard InChI is InChI=1S/C15H26N4O8/c1-8(17-12(21)7-27-5-4-26-3)13(22)18-9(2)14(23)19-10(15(24)25)6-11(16)20/h8-10H,4-7H2,1-3H3,(H2,16,20)(H,17,21)(H,18,22)(H,19,23)(H,24,25)/t8-,9-,10-/m0/s1. The van der Waals surface area contributed by atoms with Crippen LogP contribution in [0.5, 0.6) is 0 Å². The van der Waals surface area contributed by atoms with E-state index in [1.54, 1.807) is 0 Å². The van der Waals surface area contributed by atoms with Gasteiger partial charge in [0.25, 0.3) is 0 Å². The van der Waals surface area contributed by atoms with Crippen LogP contribution < -0.4 is 21.7 Å². The molecule has 4 amide bonds. The van der Waals surface area contributed by atoms with Crippen molar-refractivity contribution in [3.8, 4) is 0 Å². The summed E-state index contributed by atoms with van der Waals surface area (Å²) >= 11 is 0. The molecule has 154 valence electrons. The van der Waals surface area contributed by atoms with Gasteiger partial charge >= 0.3 is 5.97 Å². The Morgan fingerprint density at radius 2 is 1.52 bits per heavy atom. The molecule has 27 heavy (non-hydrogen) atoms. The molecule has 0 aromatic rings. The fraction of sp³-hybridized carbons (Fsp3) is 0.667. The van der Waals surface area contributed by atoms with Crippen LogP contribution in [0, 0.1) is 0 Å². The van der Waals surface area contributed by atoms with Crippen LogP contribution in [0.2, 0.25) is 0 Å². The molecule has 0 aromatic heterocycles. The predicted octanol–water partition coefficient (Wildman–Crippen LogP) is -2.90. The van der Waals surface area contributed by atoms with Gasteiger partial charge in [0.15, 0.2) is 0 Å². The molecule has 0 aliphatic rings. The van der Waals surface area contributed by atoms with Crippen LogP contribution in [-0.2, 0) is 33.4 Å². The van der Waals surface area contributed by atoms with Crippen molar-refractivity contribution in [2.75, 3.05) is 26.9 Å². The summed E-state index contributed by atoms with van der Waals surface area (Å²) in [7, 11) is 1.49. The topological polar surface area (TPSA) is 186 Å². The van der Waals surface area contributed by atoms with E-state index >= 15 is 0 Å². The fourth-order valence-electron chi connectivity index (χ4n) is 1.76. The quantitative estimate of drug-likeness (QED) is 0.207. The number of rotatable bonds is 13. The minimum Gasteiger partial charge on any atom is -0.480 e. The van der Waals surface area contributed by atoms with Gasteiger partial charge in [-0.25, -0.2) is 4.79 Å². The highest BCUT2D eigenvalue weighted by atomic mass is 16.5. The van der Waals surface area contributed by atoms with Gasteiger partial charge in [0, 0.05) is 7.11 Å². The number of carboxylic acids is 1. The Morgan fingerprint density at radius 1 is 0.963 bits per heavy atom. The molecule has 0 unspecified atom stereocenters. The summed E-state index contributed by atoms with van der Waals surface area (Å²) in [5, 5.41) is 15.8. The minimum absolute atomic E-state index is 0.220. The summed E-state index contributed by atoms with van der Waals surface area (Å²) in [5.41, 5.74) is 4.92. The molecule has 0 bridgehead atoms. The maximum absolute atomic E-state index is 12.0. The molecule has 12 heteroatoms. The number of methoxy groups -OCH3 is 1. The zero-order valence-corrected chi connectivity index (χ0v) is 15.4. The number of carbonyl (C=O) groups excluding carboxylic acids is 4. The number of amides is 4. The van der Waals surface area contributed by atoms with Crippen LogP contribution in [0.4, 0.5) is 0 Å². The molecule has 0 heterocycles. The van der Waals surface area contributed by atoms with Crippen molar-refractivity contribution in [3.63, 3.8) is 0 Å². The number of ether oxygens (including phenoxy) is 2. The Kier molecular flexibility index (Phi) is 11.3. The van der Waals surface area contributed by atoms with Gasteiger partial charge in [-0.2, -0.15) is 0 Å². The number of nitrogens with one attached hydrogen (secondary N) is 3. The summed E-state index contributed by atoms with van der Waals surface area (Å²) in [6, 6.07) is -3.57. The van der Waals surface area contributed by atoms with Crippen LogP contribution in [0.15, 0.2) is 0 Å². The van der Waals surface area contributed by atoms with E-state index in [0.29, 0.717) is 6.61 Å². The molecule has 0 saturated carbocycles. The summed E-state index contributed by atoms with van der Waals surface area (Å²) in [6.45, 7) is 3.00. The van der Waals surface area contributed by atoms with Crippen molar-refractivity contribution in [1.82, 2.24) is 16.0 Å². The van der Waals surface area contributed by atoms with Gasteiger partial charge in [-0.15, -0.1) is 0 Å². The SMILES string of the molecule is COCCOCC(=O)N[C@@H](C)C(=O)N[C@@H](C)C(=O)N[C@@H](CC(N)=O)C(=O)O. The van der Waals surface area contributed by atoms with E-state index in [4.69, 9.17) is 20.3 Å². The molecule has 0 aromatic carbocycles. The molecule has 3 atom stereocenters. The van der Waals surface area contributed by atoms with E-state index in [9.17, 15) is 24.0 Å². The zero-order chi connectivity index (χ0) is 21.0. The zero-order valence-electron chi connectivity index (χ0n) is 15.4. The lowest BCUT2D eigenvalue weighted by atomic mass is 10.1. The van der Waals surface area contributed by atoms with Crippen LogP contribution in [-0.4, -0.2) is 79.8 Å². The third kappa shape index (κ3) is 10.8. The molecule has 0 fully saturated rings. The predicted molar refractivity (Wildman–Crippen MR) is 91.3 cm³/mol. The number of carbonyl (C=O) groups is 5. The lowest BCUT2D eigenvalue weighted by molar-refractivity contribution is -0.143. The molecule has 0 aliphatic heterocycles. The van der Waals surface area contributed by atoms with Gasteiger partial charge in [-0.05, 0) is 13.8 Å². The number of nitrogens with two attached hydrogens (primary N) is 1. The van der Waals surface area contributed by atoms with Gasteiger partial charge in [0.05, 0.1) is 19.6 Å². The van der Waals surface area contributed by atoms with Crippen molar-refractivity contribution >= 4 is 29.6 Å². The first-order chi connectivity index (χ1) is 12.6. The van der Waals surface area contributed by atoms with E-state index in [1.165, 1.54) is 21.0 Å². The van der Waals surface area contributed by atoms with E-state index < -0.39 is 54.1 Å². The number of aliphatic carboxylic acids is 1. The van der Waals surface area contributed by atoms with E-state index in [0.717, 1.165) is 0 Å². The van der Waals surface area contributed by atoms with Gasteiger partial charge < -0.3 is 36.3 Å². The number of hydrogen-bond acceptors (Lipinski definition) is 7. The summed E-state index contributed by atoms with van der Waals surface area (Å²) in [6.07, 6.45) is -0.586. The fourth-order valence-corrected chi connectivity index (χ4v) is 1.76. The van der Waals surface area contributed by atoms with Crippen molar-refractivity contribution in [1.29, 1.82) is 0 Å². The monoisotopic (exact) mass is 390 g/mol. The molecule has 0 saturated heterocycles. The number of carboxylic acid groups (broad SMARTS) is 1. The second-order valence-corrected chi connectivity index (χ2v) is 5.63. The van der Waals surface area contributed by atoms with Gasteiger partial charge in [0.2, 0.25) is 23.6 Å². The first-order valence-electron chi connectivity index (χ1n) is 8.06. The van der Waals surface area contributed by atoms with Crippen LogP contribution in [0.25, 0.3) is 0 Å². The molecular weight excluding hydrogens is 364 g/mol. The average Bonchev–Trinajstić information content (AvgIpc) is 2.57. The van der Waals surface area contributed by atoms with Gasteiger partial charge in [-0.3, -0.25) is 19.2 Å². The summed E-state index contributed by atoms with van der Waals surface area (Å²) in [4.78, 5) is 57.4. The molecule has 0 radical (unpaired) electrons. The minimum atomic E-state index is -1.50. The first-order valence-corrected chi connectivity index (χ1v) is 8.06. The highest BCUT2D eigenvalue weighted by Gasteiger charge is 2.26. The van der Waals surface area contributed by atoms with E-state index in [2.05, 4.69) is 16.0 Å². The molecule has 6 N–H and O–H groups in total. The molecule has 0 rings (SSSR count). The summed E-state index contributed by atoms with van der Waals surface area (Å²) < 4.78 is 9.76. The van der Waals surface area contributed by atoms with Gasteiger partial charge in [0.1, 0.15) is 24.7 Å². The lowest BCUT2D eigenvalue weighted by Gasteiger charge is -2.20. The third-order valence-corrected chi connectivity index (χ3v) is 3.21. The number of primary amides is 1. The largest absolute Gasteiger partial charge is 0.480 e. The van der Waals surface area contributed by atoms with Crippen molar-refractivity contribution < 1.29 is 38.6 Å². The highest BCUT2D eigenvalue weighted by molar-refractivity contribution is 5.94. The van der Waals surface area contributed by atoms with Crippen LogP contribution in [0.1, 0.15) is 20.3 Å².